The lowest BCUT2D eigenvalue weighted by molar-refractivity contribution is -0.140. The van der Waals surface area contributed by atoms with Gasteiger partial charge in [0.15, 0.2) is 0 Å². The predicted octanol–water partition coefficient (Wildman–Crippen LogP) is 5.06. The molecule has 0 bridgehead atoms. The van der Waals surface area contributed by atoms with Crippen LogP contribution in [0.25, 0.3) is 0 Å². The Bertz CT molecular complexity index is 1390. The van der Waals surface area contributed by atoms with E-state index in [1.807, 2.05) is 37.3 Å². The Morgan fingerprint density at radius 1 is 0.949 bits per heavy atom. The zero-order valence-electron chi connectivity index (χ0n) is 21.6. The summed E-state index contributed by atoms with van der Waals surface area (Å²) in [5, 5.41) is 2.95. The number of carbonyl (C=O) groups is 2. The minimum Gasteiger partial charge on any atom is -0.354 e. The highest BCUT2D eigenvalue weighted by atomic mass is 35.5. The van der Waals surface area contributed by atoms with Crippen molar-refractivity contribution in [1.29, 1.82) is 0 Å². The van der Waals surface area contributed by atoms with E-state index in [0.717, 1.165) is 16.1 Å². The van der Waals surface area contributed by atoms with Gasteiger partial charge in [-0.1, -0.05) is 78.7 Å². The number of hydrogen-bond donors (Lipinski definition) is 1. The number of sulfonamides is 1. The van der Waals surface area contributed by atoms with Gasteiger partial charge < -0.3 is 10.2 Å². The molecule has 0 aliphatic rings. The third-order valence-electron chi connectivity index (χ3n) is 5.97. The van der Waals surface area contributed by atoms with Crippen molar-refractivity contribution in [3.8, 4) is 0 Å². The predicted molar refractivity (Wildman–Crippen MR) is 153 cm³/mol. The van der Waals surface area contributed by atoms with Gasteiger partial charge in [0.25, 0.3) is 0 Å². The Labute approximate surface area is 238 Å². The first-order valence-corrected chi connectivity index (χ1v) is 14.9. The maximum absolute atomic E-state index is 13.9. The summed E-state index contributed by atoms with van der Waals surface area (Å²) >= 11 is 12.4. The number of amides is 2. The standard InChI is InChI=1S/C28H30Cl2FN3O4S/c1-3-16-32-28(36)25(17-20-8-5-4-6-9-20)33(18-21-12-14-22(31)15-13-21)26(35)19-34(39(2,37)38)24-11-7-10-23(29)27(24)30/h4-15,25H,3,16-19H2,1-2H3,(H,32,36)/t25-/m0/s1. The van der Waals surface area contributed by atoms with Crippen molar-refractivity contribution in [1.82, 2.24) is 10.2 Å². The van der Waals surface area contributed by atoms with Gasteiger partial charge >= 0.3 is 0 Å². The van der Waals surface area contributed by atoms with Gasteiger partial charge in [-0.15, -0.1) is 0 Å². The van der Waals surface area contributed by atoms with Gasteiger partial charge in [-0.2, -0.15) is 0 Å². The molecule has 0 aromatic heterocycles. The highest BCUT2D eigenvalue weighted by Gasteiger charge is 2.33. The molecular formula is C28H30Cl2FN3O4S. The van der Waals surface area contributed by atoms with E-state index in [-0.39, 0.29) is 34.6 Å². The summed E-state index contributed by atoms with van der Waals surface area (Å²) in [6, 6.07) is 18.2. The van der Waals surface area contributed by atoms with E-state index in [4.69, 9.17) is 23.2 Å². The molecular weight excluding hydrogens is 564 g/mol. The molecule has 0 saturated carbocycles. The van der Waals surface area contributed by atoms with E-state index in [1.54, 1.807) is 0 Å². The molecule has 208 valence electrons. The van der Waals surface area contributed by atoms with Crippen molar-refractivity contribution in [2.24, 2.45) is 0 Å². The summed E-state index contributed by atoms with van der Waals surface area (Å²) < 4.78 is 40.1. The molecule has 0 heterocycles. The monoisotopic (exact) mass is 593 g/mol. The summed E-state index contributed by atoms with van der Waals surface area (Å²) in [5.74, 6) is -1.48. The van der Waals surface area contributed by atoms with Gasteiger partial charge in [-0.3, -0.25) is 13.9 Å². The number of rotatable bonds is 12. The molecule has 0 fully saturated rings. The second kappa shape index (κ2) is 13.8. The van der Waals surface area contributed by atoms with Gasteiger partial charge in [0.2, 0.25) is 21.8 Å². The molecule has 2 amide bonds. The topological polar surface area (TPSA) is 86.8 Å². The van der Waals surface area contributed by atoms with Gasteiger partial charge in [-0.25, -0.2) is 12.8 Å². The average molecular weight is 595 g/mol. The van der Waals surface area contributed by atoms with Gasteiger partial charge in [-0.05, 0) is 41.8 Å². The van der Waals surface area contributed by atoms with Crippen molar-refractivity contribution >= 4 is 50.7 Å². The number of nitrogens with one attached hydrogen (secondary N) is 1. The van der Waals surface area contributed by atoms with Crippen molar-refractivity contribution in [3.05, 3.63) is 99.8 Å². The van der Waals surface area contributed by atoms with Crippen LogP contribution in [-0.4, -0.2) is 50.5 Å². The van der Waals surface area contributed by atoms with Crippen LogP contribution in [0.3, 0.4) is 0 Å². The summed E-state index contributed by atoms with van der Waals surface area (Å²) in [5.41, 5.74) is 1.42. The summed E-state index contributed by atoms with van der Waals surface area (Å²) in [6.07, 6.45) is 1.82. The molecule has 0 spiro atoms. The SMILES string of the molecule is CCCNC(=O)[C@H](Cc1ccccc1)N(Cc1ccc(F)cc1)C(=O)CN(c1cccc(Cl)c1Cl)S(C)(=O)=O. The van der Waals surface area contributed by atoms with Crippen LogP contribution in [0.4, 0.5) is 10.1 Å². The third kappa shape index (κ3) is 8.42. The number of anilines is 1. The lowest BCUT2D eigenvalue weighted by Gasteiger charge is -2.33. The van der Waals surface area contributed by atoms with Crippen molar-refractivity contribution < 1.29 is 22.4 Å². The van der Waals surface area contributed by atoms with Crippen LogP contribution in [-0.2, 0) is 32.6 Å². The van der Waals surface area contributed by atoms with Crippen molar-refractivity contribution in [2.75, 3.05) is 23.7 Å². The molecule has 0 radical (unpaired) electrons. The van der Waals surface area contributed by atoms with Crippen molar-refractivity contribution in [3.63, 3.8) is 0 Å². The van der Waals surface area contributed by atoms with E-state index < -0.39 is 34.3 Å². The molecule has 3 aromatic rings. The van der Waals surface area contributed by atoms with Crippen LogP contribution in [0.1, 0.15) is 24.5 Å². The highest BCUT2D eigenvalue weighted by molar-refractivity contribution is 7.92. The molecule has 0 unspecified atom stereocenters. The fourth-order valence-corrected chi connectivity index (χ4v) is 5.29. The Kier molecular flexibility index (Phi) is 10.7. The van der Waals surface area contributed by atoms with E-state index >= 15 is 0 Å². The van der Waals surface area contributed by atoms with Crippen LogP contribution in [0.5, 0.6) is 0 Å². The Morgan fingerprint density at radius 3 is 2.23 bits per heavy atom. The number of halogens is 3. The third-order valence-corrected chi connectivity index (χ3v) is 7.90. The maximum atomic E-state index is 13.9. The second-order valence-electron chi connectivity index (χ2n) is 8.99. The molecule has 3 rings (SSSR count). The molecule has 0 aliphatic heterocycles. The molecule has 39 heavy (non-hydrogen) atoms. The molecule has 0 saturated heterocycles. The molecule has 1 atom stereocenters. The highest BCUT2D eigenvalue weighted by Crippen LogP contribution is 2.33. The second-order valence-corrected chi connectivity index (χ2v) is 11.7. The first-order valence-electron chi connectivity index (χ1n) is 12.3. The minimum absolute atomic E-state index is 0.0241. The minimum atomic E-state index is -3.99. The van der Waals surface area contributed by atoms with Crippen LogP contribution >= 0.6 is 23.2 Å². The lowest BCUT2D eigenvalue weighted by atomic mass is 10.0. The van der Waals surface area contributed by atoms with Crippen LogP contribution < -0.4 is 9.62 Å². The lowest BCUT2D eigenvalue weighted by Crippen LogP contribution is -2.53. The Balaban J connectivity index is 2.06. The number of hydrogen-bond acceptors (Lipinski definition) is 4. The first kappa shape index (κ1) is 30.4. The number of carbonyl (C=O) groups excluding carboxylic acids is 2. The Hall–Kier alpha value is -3.14. The molecule has 1 N–H and O–H groups in total. The van der Waals surface area contributed by atoms with Crippen LogP contribution in [0, 0.1) is 5.82 Å². The van der Waals surface area contributed by atoms with Gasteiger partial charge in [0, 0.05) is 19.5 Å². The van der Waals surface area contributed by atoms with E-state index in [9.17, 15) is 22.4 Å². The summed E-state index contributed by atoms with van der Waals surface area (Å²) in [4.78, 5) is 28.7. The molecule has 3 aromatic carbocycles. The smallest absolute Gasteiger partial charge is 0.244 e. The Morgan fingerprint density at radius 2 is 1.62 bits per heavy atom. The van der Waals surface area contributed by atoms with Gasteiger partial charge in [0.1, 0.15) is 18.4 Å². The fraction of sp³-hybridized carbons (Fsp3) is 0.286. The molecule has 7 nitrogen and oxygen atoms in total. The van der Waals surface area contributed by atoms with Gasteiger partial charge in [0.05, 0.1) is 22.0 Å². The fourth-order valence-electron chi connectivity index (χ4n) is 3.99. The summed E-state index contributed by atoms with van der Waals surface area (Å²) in [6.45, 7) is 1.62. The summed E-state index contributed by atoms with van der Waals surface area (Å²) in [7, 11) is -3.99. The number of benzene rings is 3. The number of nitrogens with zero attached hydrogens (tertiary/aromatic N) is 2. The average Bonchev–Trinajstić information content (AvgIpc) is 2.90. The first-order chi connectivity index (χ1) is 18.5. The van der Waals surface area contributed by atoms with Crippen LogP contribution in [0.15, 0.2) is 72.8 Å². The quantitative estimate of drug-likeness (QED) is 0.318. The maximum Gasteiger partial charge on any atom is 0.244 e. The molecule has 0 aliphatic carbocycles. The van der Waals surface area contributed by atoms with Crippen molar-refractivity contribution in [2.45, 2.75) is 32.4 Å². The largest absolute Gasteiger partial charge is 0.354 e. The van der Waals surface area contributed by atoms with E-state index in [1.165, 1.54) is 47.4 Å². The van der Waals surface area contributed by atoms with E-state index in [0.29, 0.717) is 18.5 Å². The zero-order chi connectivity index (χ0) is 28.6. The van der Waals surface area contributed by atoms with Crippen LogP contribution in [0.2, 0.25) is 10.0 Å². The zero-order valence-corrected chi connectivity index (χ0v) is 23.9. The van der Waals surface area contributed by atoms with E-state index in [2.05, 4.69) is 5.32 Å². The molecule has 11 heteroatoms. The normalized spacial score (nSPS) is 12.0.